The van der Waals surface area contributed by atoms with Crippen molar-refractivity contribution < 1.29 is 22.9 Å². The van der Waals surface area contributed by atoms with Crippen LogP contribution in [-0.2, 0) is 19.4 Å². The first-order valence-corrected chi connectivity index (χ1v) is 9.08. The molecule has 0 spiro atoms. The van der Waals surface area contributed by atoms with Gasteiger partial charge in [0.1, 0.15) is 0 Å². The molecule has 1 N–H and O–H groups in total. The third-order valence-corrected chi connectivity index (χ3v) is 6.42. The van der Waals surface area contributed by atoms with Gasteiger partial charge in [0.05, 0.1) is 28.1 Å². The number of nitrogens with zero attached hydrogens (tertiary/aromatic N) is 1. The van der Waals surface area contributed by atoms with Gasteiger partial charge in [-0.25, -0.2) is 8.42 Å². The first-order valence-electron chi connectivity index (χ1n) is 7.53. The fraction of sp³-hybridized carbons (Fsp3) is 0.533. The molecule has 8 nitrogen and oxygen atoms in total. The molecule has 0 radical (unpaired) electrons. The van der Waals surface area contributed by atoms with Gasteiger partial charge < -0.3 is 10.1 Å². The summed E-state index contributed by atoms with van der Waals surface area (Å²) in [7, 11) is -2.40. The average molecular weight is 356 g/mol. The first kappa shape index (κ1) is 18.3. The standard InChI is InChI=1S/C15H20N2O6S/c1-9(2)24(21,22)13-5-4-10(17(19)20)8-12(13)14-11(6-7-16-14)15(18)23-3/h4-5,8-9,11,14,16H,6-7H2,1-3H3. The SMILES string of the molecule is COC(=O)C1CCNC1c1cc([N+](=O)[O-])ccc1S(=O)(=O)C(C)C. The molecule has 0 amide bonds. The number of carbonyl (C=O) groups is 1. The molecule has 0 bridgehead atoms. The number of nitro benzene ring substituents is 1. The summed E-state index contributed by atoms with van der Waals surface area (Å²) in [4.78, 5) is 22.5. The van der Waals surface area contributed by atoms with Gasteiger partial charge >= 0.3 is 5.97 Å². The monoisotopic (exact) mass is 356 g/mol. The summed E-state index contributed by atoms with van der Waals surface area (Å²) >= 11 is 0. The van der Waals surface area contributed by atoms with Crippen LogP contribution in [0.5, 0.6) is 0 Å². The molecule has 1 aromatic carbocycles. The van der Waals surface area contributed by atoms with Gasteiger partial charge in [-0.15, -0.1) is 0 Å². The second kappa shape index (κ2) is 6.86. The van der Waals surface area contributed by atoms with E-state index in [1.807, 2.05) is 0 Å². The lowest BCUT2D eigenvalue weighted by Crippen LogP contribution is -2.27. The van der Waals surface area contributed by atoms with Crippen LogP contribution in [0.25, 0.3) is 0 Å². The van der Waals surface area contributed by atoms with E-state index in [9.17, 15) is 23.3 Å². The van der Waals surface area contributed by atoms with Gasteiger partial charge in [-0.1, -0.05) is 0 Å². The van der Waals surface area contributed by atoms with Crippen molar-refractivity contribution in [2.45, 2.75) is 36.5 Å². The molecule has 132 valence electrons. The minimum atomic E-state index is -3.66. The minimum absolute atomic E-state index is 0.0106. The molecule has 0 aromatic heterocycles. The quantitative estimate of drug-likeness (QED) is 0.484. The van der Waals surface area contributed by atoms with Crippen molar-refractivity contribution in [3.63, 3.8) is 0 Å². The summed E-state index contributed by atoms with van der Waals surface area (Å²) in [6.07, 6.45) is 0.473. The Kier molecular flexibility index (Phi) is 5.24. The number of ether oxygens (including phenoxy) is 1. The van der Waals surface area contributed by atoms with Crippen LogP contribution in [0.4, 0.5) is 5.69 Å². The number of methoxy groups -OCH3 is 1. The van der Waals surface area contributed by atoms with Gasteiger partial charge in [-0.2, -0.15) is 0 Å². The van der Waals surface area contributed by atoms with E-state index < -0.39 is 37.9 Å². The van der Waals surface area contributed by atoms with Gasteiger partial charge in [-0.3, -0.25) is 14.9 Å². The highest BCUT2D eigenvalue weighted by molar-refractivity contribution is 7.92. The zero-order chi connectivity index (χ0) is 18.1. The molecule has 2 atom stereocenters. The molecule has 9 heteroatoms. The molecule has 1 fully saturated rings. The number of benzene rings is 1. The summed E-state index contributed by atoms with van der Waals surface area (Å²) in [5.41, 5.74) is 0.0239. The molecule has 1 aromatic rings. The summed E-state index contributed by atoms with van der Waals surface area (Å²) in [6, 6.07) is 3.01. The predicted octanol–water partition coefficient (Wildman–Crippen LogP) is 1.60. The minimum Gasteiger partial charge on any atom is -0.469 e. The molecule has 2 rings (SSSR count). The van der Waals surface area contributed by atoms with E-state index in [2.05, 4.69) is 5.32 Å². The Morgan fingerprint density at radius 1 is 1.42 bits per heavy atom. The molecule has 2 unspecified atom stereocenters. The molecule has 1 saturated heterocycles. The highest BCUT2D eigenvalue weighted by atomic mass is 32.2. The second-order valence-electron chi connectivity index (χ2n) is 5.92. The van der Waals surface area contributed by atoms with Gasteiger partial charge in [0.25, 0.3) is 5.69 Å². The Labute approximate surface area is 140 Å². The van der Waals surface area contributed by atoms with Crippen LogP contribution in [-0.4, -0.2) is 38.2 Å². The topological polar surface area (TPSA) is 116 Å². The van der Waals surface area contributed by atoms with Crippen LogP contribution in [0.2, 0.25) is 0 Å². The van der Waals surface area contributed by atoms with E-state index in [-0.39, 0.29) is 16.1 Å². The van der Waals surface area contributed by atoms with E-state index in [4.69, 9.17) is 4.74 Å². The number of nitrogens with one attached hydrogen (secondary N) is 1. The van der Waals surface area contributed by atoms with Crippen molar-refractivity contribution in [1.82, 2.24) is 5.32 Å². The third-order valence-electron chi connectivity index (χ3n) is 4.19. The van der Waals surface area contributed by atoms with Crippen molar-refractivity contribution in [3.8, 4) is 0 Å². The largest absolute Gasteiger partial charge is 0.469 e. The number of rotatable bonds is 5. The Hall–Kier alpha value is -2.00. The molecular weight excluding hydrogens is 336 g/mol. The summed E-state index contributed by atoms with van der Waals surface area (Å²) in [5.74, 6) is -1.05. The Morgan fingerprint density at radius 2 is 2.08 bits per heavy atom. The zero-order valence-electron chi connectivity index (χ0n) is 13.7. The van der Waals surface area contributed by atoms with Crippen LogP contribution in [0.1, 0.15) is 31.9 Å². The normalized spacial score (nSPS) is 21.0. The van der Waals surface area contributed by atoms with E-state index in [1.165, 1.54) is 25.3 Å². The average Bonchev–Trinajstić information content (AvgIpc) is 3.02. The van der Waals surface area contributed by atoms with Gasteiger partial charge in [0, 0.05) is 18.2 Å². The van der Waals surface area contributed by atoms with Gasteiger partial charge in [0.15, 0.2) is 9.84 Å². The maximum atomic E-state index is 12.6. The van der Waals surface area contributed by atoms with E-state index in [0.717, 1.165) is 0 Å². The Morgan fingerprint density at radius 3 is 2.62 bits per heavy atom. The van der Waals surface area contributed by atoms with Crippen molar-refractivity contribution >= 4 is 21.5 Å². The van der Waals surface area contributed by atoms with Crippen LogP contribution in [0.15, 0.2) is 23.1 Å². The number of nitro groups is 1. The number of non-ortho nitro benzene ring substituents is 1. The molecule has 0 aliphatic carbocycles. The van der Waals surface area contributed by atoms with Crippen LogP contribution in [0.3, 0.4) is 0 Å². The Bertz CT molecular complexity index is 759. The predicted molar refractivity (Wildman–Crippen MR) is 86.3 cm³/mol. The number of hydrogen-bond donors (Lipinski definition) is 1. The smallest absolute Gasteiger partial charge is 0.310 e. The van der Waals surface area contributed by atoms with Crippen LogP contribution >= 0.6 is 0 Å². The molecule has 1 aliphatic rings. The molecular formula is C15H20N2O6S. The van der Waals surface area contributed by atoms with E-state index in [0.29, 0.717) is 13.0 Å². The van der Waals surface area contributed by atoms with Crippen LogP contribution in [0, 0.1) is 16.0 Å². The maximum absolute atomic E-state index is 12.6. The van der Waals surface area contributed by atoms with E-state index >= 15 is 0 Å². The second-order valence-corrected chi connectivity index (χ2v) is 8.40. The van der Waals surface area contributed by atoms with Crippen molar-refractivity contribution in [3.05, 3.63) is 33.9 Å². The fourth-order valence-corrected chi connectivity index (χ4v) is 4.12. The number of carbonyl (C=O) groups excluding carboxylic acids is 1. The summed E-state index contributed by atoms with van der Waals surface area (Å²) < 4.78 is 30.0. The summed E-state index contributed by atoms with van der Waals surface area (Å²) in [5, 5.41) is 13.5. The highest BCUT2D eigenvalue weighted by Gasteiger charge is 2.38. The zero-order valence-corrected chi connectivity index (χ0v) is 14.5. The molecule has 1 aliphatic heterocycles. The van der Waals surface area contributed by atoms with Crippen molar-refractivity contribution in [2.24, 2.45) is 5.92 Å². The lowest BCUT2D eigenvalue weighted by molar-refractivity contribution is -0.385. The molecule has 24 heavy (non-hydrogen) atoms. The highest BCUT2D eigenvalue weighted by Crippen LogP contribution is 2.37. The van der Waals surface area contributed by atoms with Crippen molar-refractivity contribution in [2.75, 3.05) is 13.7 Å². The number of hydrogen-bond acceptors (Lipinski definition) is 7. The number of sulfone groups is 1. The fourth-order valence-electron chi connectivity index (χ4n) is 2.84. The molecule has 1 heterocycles. The number of esters is 1. The first-order chi connectivity index (χ1) is 11.2. The van der Waals surface area contributed by atoms with Crippen molar-refractivity contribution in [1.29, 1.82) is 0 Å². The third kappa shape index (κ3) is 3.27. The van der Waals surface area contributed by atoms with E-state index in [1.54, 1.807) is 13.8 Å². The lowest BCUT2D eigenvalue weighted by Gasteiger charge is -2.21. The lowest BCUT2D eigenvalue weighted by atomic mass is 9.94. The van der Waals surface area contributed by atoms with Gasteiger partial charge in [0.2, 0.25) is 0 Å². The summed E-state index contributed by atoms with van der Waals surface area (Å²) in [6.45, 7) is 3.58. The molecule has 0 saturated carbocycles. The van der Waals surface area contributed by atoms with Gasteiger partial charge in [-0.05, 0) is 38.4 Å². The maximum Gasteiger partial charge on any atom is 0.310 e. The van der Waals surface area contributed by atoms with Crippen LogP contribution < -0.4 is 5.32 Å². The Balaban J connectivity index is 2.63.